The lowest BCUT2D eigenvalue weighted by atomic mass is 9.79. The Morgan fingerprint density at radius 1 is 1.24 bits per heavy atom. The second-order valence-electron chi connectivity index (χ2n) is 9.93. The van der Waals surface area contributed by atoms with Crippen molar-refractivity contribution in [1.82, 2.24) is 15.2 Å². The number of urea groups is 1. The van der Waals surface area contributed by atoms with Crippen LogP contribution in [0.1, 0.15) is 71.1 Å². The Morgan fingerprint density at radius 3 is 2.64 bits per heavy atom. The number of carboxylic acid groups (broad SMARTS) is 1. The van der Waals surface area contributed by atoms with Gasteiger partial charge < -0.3 is 25.4 Å². The van der Waals surface area contributed by atoms with Crippen LogP contribution < -0.4 is 10.6 Å². The number of ether oxygens (including phenoxy) is 1. The molecule has 2 amide bonds. The molecule has 1 aromatic rings. The molecule has 0 spiro atoms. The van der Waals surface area contributed by atoms with Crippen LogP contribution >= 0.6 is 0 Å². The van der Waals surface area contributed by atoms with Crippen molar-refractivity contribution < 1.29 is 19.4 Å². The van der Waals surface area contributed by atoms with Gasteiger partial charge in [-0.25, -0.2) is 14.6 Å². The normalized spacial score (nSPS) is 20.5. The molecular weight excluding hydrogens is 420 g/mol. The molecule has 33 heavy (non-hydrogen) atoms. The molecule has 8 heteroatoms. The number of anilines is 1. The van der Waals surface area contributed by atoms with Gasteiger partial charge in [-0.3, -0.25) is 0 Å². The Balaban J connectivity index is 1.35. The lowest BCUT2D eigenvalue weighted by Crippen LogP contribution is -2.52. The molecule has 1 atom stereocenters. The highest BCUT2D eigenvalue weighted by molar-refractivity contribution is 5.82. The van der Waals surface area contributed by atoms with Crippen molar-refractivity contribution in [2.75, 3.05) is 18.5 Å². The first kappa shape index (κ1) is 25.3. The van der Waals surface area contributed by atoms with Crippen molar-refractivity contribution in [3.8, 4) is 0 Å². The largest absolute Gasteiger partial charge is 0.480 e. The monoisotopic (exact) mass is 460 g/mol. The Bertz CT molecular complexity index is 800. The number of carbonyl (C=O) groups is 2. The predicted molar refractivity (Wildman–Crippen MR) is 129 cm³/mol. The number of carboxylic acids is 1. The number of hydrogen-bond acceptors (Lipinski definition) is 5. The molecule has 0 radical (unpaired) electrons. The van der Waals surface area contributed by atoms with Crippen molar-refractivity contribution in [3.05, 3.63) is 23.4 Å². The summed E-state index contributed by atoms with van der Waals surface area (Å²) in [7, 11) is 0. The van der Waals surface area contributed by atoms with Crippen molar-refractivity contribution >= 4 is 17.8 Å². The summed E-state index contributed by atoms with van der Waals surface area (Å²) in [4.78, 5) is 30.6. The van der Waals surface area contributed by atoms with Gasteiger partial charge in [-0.1, -0.05) is 6.07 Å². The molecule has 184 valence electrons. The van der Waals surface area contributed by atoms with Gasteiger partial charge in [0.05, 0.1) is 6.10 Å². The highest BCUT2D eigenvalue weighted by Gasteiger charge is 2.31. The maximum Gasteiger partial charge on any atom is 0.326 e. The molecule has 0 saturated heterocycles. The van der Waals surface area contributed by atoms with E-state index in [1.54, 1.807) is 4.90 Å². The number of pyridine rings is 1. The second kappa shape index (κ2) is 11.7. The number of amides is 2. The Labute approximate surface area is 197 Å². The highest BCUT2D eigenvalue weighted by atomic mass is 16.5. The SMILES string of the molecule is CC(C)N(C(=O)NC(CCOC1CC(CCc2ccc3c(n2)NCCC3)C1)C(=O)O)C(C)C. The standard InChI is InChI=1S/C25H40N4O4/c1-16(2)29(17(3)4)25(32)28-22(24(30)31)11-13-33-21-14-18(15-21)7-9-20-10-8-19-6-5-12-26-23(19)27-20/h8,10,16-18,21-22H,5-7,9,11-15H2,1-4H3,(H,26,27)(H,28,32)(H,30,31). The third-order valence-corrected chi connectivity index (χ3v) is 6.66. The number of rotatable bonds is 11. The fourth-order valence-corrected chi connectivity index (χ4v) is 4.81. The van der Waals surface area contributed by atoms with Gasteiger partial charge in [0.15, 0.2) is 0 Å². The Hall–Kier alpha value is -2.35. The van der Waals surface area contributed by atoms with Crippen LogP contribution in [0.3, 0.4) is 0 Å². The number of fused-ring (bicyclic) bond motifs is 1. The first-order valence-corrected chi connectivity index (χ1v) is 12.4. The molecule has 8 nitrogen and oxygen atoms in total. The molecule has 1 aliphatic heterocycles. The van der Waals surface area contributed by atoms with E-state index in [0.717, 1.165) is 50.2 Å². The number of aryl methyl sites for hydroxylation is 2. The summed E-state index contributed by atoms with van der Waals surface area (Å²) in [5.74, 6) is 0.651. The molecule has 1 aromatic heterocycles. The Kier molecular flexibility index (Phi) is 8.95. The predicted octanol–water partition coefficient (Wildman–Crippen LogP) is 3.84. The van der Waals surface area contributed by atoms with E-state index in [-0.39, 0.29) is 30.6 Å². The average molecular weight is 461 g/mol. The van der Waals surface area contributed by atoms with Crippen LogP contribution in [-0.2, 0) is 22.4 Å². The van der Waals surface area contributed by atoms with Crippen LogP contribution in [0.4, 0.5) is 10.6 Å². The van der Waals surface area contributed by atoms with Gasteiger partial charge in [0.25, 0.3) is 0 Å². The Morgan fingerprint density at radius 2 is 1.97 bits per heavy atom. The summed E-state index contributed by atoms with van der Waals surface area (Å²) >= 11 is 0. The minimum absolute atomic E-state index is 0.00428. The number of aliphatic carboxylic acids is 1. The number of nitrogens with zero attached hydrogens (tertiary/aromatic N) is 2. The van der Waals surface area contributed by atoms with Crippen LogP contribution in [0.2, 0.25) is 0 Å². The molecule has 3 rings (SSSR count). The summed E-state index contributed by atoms with van der Waals surface area (Å²) in [5, 5.41) is 15.6. The van der Waals surface area contributed by atoms with Gasteiger partial charge in [0.2, 0.25) is 0 Å². The zero-order valence-electron chi connectivity index (χ0n) is 20.5. The van der Waals surface area contributed by atoms with Gasteiger partial charge in [0.1, 0.15) is 11.9 Å². The summed E-state index contributed by atoms with van der Waals surface area (Å²) in [6.45, 7) is 9.02. The zero-order chi connectivity index (χ0) is 24.0. The smallest absolute Gasteiger partial charge is 0.326 e. The lowest BCUT2D eigenvalue weighted by Gasteiger charge is -2.35. The maximum absolute atomic E-state index is 12.5. The molecular formula is C25H40N4O4. The van der Waals surface area contributed by atoms with E-state index in [9.17, 15) is 14.7 Å². The minimum Gasteiger partial charge on any atom is -0.480 e. The highest BCUT2D eigenvalue weighted by Crippen LogP contribution is 2.34. The molecule has 3 N–H and O–H groups in total. The number of aromatic nitrogens is 1. The van der Waals surface area contributed by atoms with E-state index in [1.165, 1.54) is 12.0 Å². The topological polar surface area (TPSA) is 104 Å². The lowest BCUT2D eigenvalue weighted by molar-refractivity contribution is -0.140. The molecule has 1 unspecified atom stereocenters. The molecule has 1 fully saturated rings. The van der Waals surface area contributed by atoms with E-state index in [4.69, 9.17) is 9.72 Å². The summed E-state index contributed by atoms with van der Waals surface area (Å²) in [6.07, 6.45) is 6.80. The summed E-state index contributed by atoms with van der Waals surface area (Å²) in [5.41, 5.74) is 2.46. The number of nitrogens with one attached hydrogen (secondary N) is 2. The fraction of sp³-hybridized carbons (Fsp3) is 0.720. The van der Waals surface area contributed by atoms with Gasteiger partial charge in [-0.2, -0.15) is 0 Å². The van der Waals surface area contributed by atoms with E-state index in [0.29, 0.717) is 12.5 Å². The van der Waals surface area contributed by atoms with Gasteiger partial charge in [0, 0.05) is 37.4 Å². The molecule has 2 heterocycles. The molecule has 0 aromatic carbocycles. The summed E-state index contributed by atoms with van der Waals surface area (Å²) in [6, 6.07) is 3.05. The second-order valence-corrected chi connectivity index (χ2v) is 9.93. The number of carbonyl (C=O) groups excluding carboxylic acids is 1. The summed E-state index contributed by atoms with van der Waals surface area (Å²) < 4.78 is 5.90. The van der Waals surface area contributed by atoms with E-state index in [1.807, 2.05) is 27.7 Å². The van der Waals surface area contributed by atoms with Crippen LogP contribution in [0.15, 0.2) is 12.1 Å². The van der Waals surface area contributed by atoms with Gasteiger partial charge >= 0.3 is 12.0 Å². The van der Waals surface area contributed by atoms with Crippen LogP contribution in [0, 0.1) is 5.92 Å². The first-order chi connectivity index (χ1) is 15.7. The van der Waals surface area contributed by atoms with Crippen molar-refractivity contribution in [3.63, 3.8) is 0 Å². The third-order valence-electron chi connectivity index (χ3n) is 6.66. The van der Waals surface area contributed by atoms with E-state index < -0.39 is 12.0 Å². The minimum atomic E-state index is -1.03. The molecule has 0 bridgehead atoms. The first-order valence-electron chi connectivity index (χ1n) is 12.4. The maximum atomic E-state index is 12.5. The van der Waals surface area contributed by atoms with Crippen molar-refractivity contribution in [2.45, 2.75) is 96.9 Å². The van der Waals surface area contributed by atoms with Gasteiger partial charge in [-0.15, -0.1) is 0 Å². The number of hydrogen-bond donors (Lipinski definition) is 3. The molecule has 2 aliphatic rings. The fourth-order valence-electron chi connectivity index (χ4n) is 4.81. The van der Waals surface area contributed by atoms with E-state index >= 15 is 0 Å². The molecule has 1 aliphatic carbocycles. The van der Waals surface area contributed by atoms with Gasteiger partial charge in [-0.05, 0) is 83.8 Å². The van der Waals surface area contributed by atoms with Crippen LogP contribution in [0.5, 0.6) is 0 Å². The van der Waals surface area contributed by atoms with Crippen molar-refractivity contribution in [1.29, 1.82) is 0 Å². The van der Waals surface area contributed by atoms with Crippen LogP contribution in [-0.4, -0.2) is 64.4 Å². The zero-order valence-corrected chi connectivity index (χ0v) is 20.5. The van der Waals surface area contributed by atoms with Crippen molar-refractivity contribution in [2.24, 2.45) is 5.92 Å². The quantitative estimate of drug-likeness (QED) is 0.464. The third kappa shape index (κ3) is 7.06. The van der Waals surface area contributed by atoms with Crippen LogP contribution in [0.25, 0.3) is 0 Å². The van der Waals surface area contributed by atoms with E-state index in [2.05, 4.69) is 22.8 Å². The average Bonchev–Trinajstić information content (AvgIpc) is 2.72. The molecule has 1 saturated carbocycles.